The van der Waals surface area contributed by atoms with Gasteiger partial charge in [0.1, 0.15) is 5.75 Å². The Bertz CT molecular complexity index is 586. The minimum absolute atomic E-state index is 0.0280. The standard InChI is InChI=1S/C21H32N2O3/c1-5-18(6-2)22-21(25)17-10-12-19(13-11-17)26-14-20(24)23-15(3)8-7-9-16(23)4/h10-13,15-16,18H,5-9,14H2,1-4H3,(H,22,25)/t15-,16+. The van der Waals surface area contributed by atoms with Crippen LogP contribution in [-0.4, -0.2) is 41.4 Å². The molecule has 2 rings (SSSR count). The first-order chi connectivity index (χ1) is 12.5. The summed E-state index contributed by atoms with van der Waals surface area (Å²) in [7, 11) is 0. The van der Waals surface area contributed by atoms with Crippen LogP contribution in [0.4, 0.5) is 0 Å². The highest BCUT2D eigenvalue weighted by molar-refractivity contribution is 5.94. The van der Waals surface area contributed by atoms with E-state index in [0.717, 1.165) is 25.7 Å². The zero-order chi connectivity index (χ0) is 19.1. The van der Waals surface area contributed by atoms with Crippen molar-refractivity contribution in [1.82, 2.24) is 10.2 Å². The Balaban J connectivity index is 1.89. The highest BCUT2D eigenvalue weighted by Gasteiger charge is 2.28. The Morgan fingerprint density at radius 3 is 2.23 bits per heavy atom. The van der Waals surface area contributed by atoms with Crippen LogP contribution in [-0.2, 0) is 4.79 Å². The topological polar surface area (TPSA) is 58.6 Å². The van der Waals surface area contributed by atoms with Crippen molar-refractivity contribution in [1.29, 1.82) is 0 Å². The Hall–Kier alpha value is -2.04. The highest BCUT2D eigenvalue weighted by Crippen LogP contribution is 2.23. The average Bonchev–Trinajstić information content (AvgIpc) is 2.64. The van der Waals surface area contributed by atoms with Gasteiger partial charge in [-0.15, -0.1) is 0 Å². The molecular weight excluding hydrogens is 328 g/mol. The molecule has 1 saturated heterocycles. The van der Waals surface area contributed by atoms with Crippen molar-refractivity contribution in [2.24, 2.45) is 0 Å². The number of carbonyl (C=O) groups excluding carboxylic acids is 2. The maximum Gasteiger partial charge on any atom is 0.260 e. The Kier molecular flexibility index (Phi) is 7.49. The molecule has 0 aromatic heterocycles. The highest BCUT2D eigenvalue weighted by atomic mass is 16.5. The second kappa shape index (κ2) is 9.60. The number of nitrogens with one attached hydrogen (secondary N) is 1. The van der Waals surface area contributed by atoms with Crippen LogP contribution in [0, 0.1) is 0 Å². The largest absolute Gasteiger partial charge is 0.484 e. The zero-order valence-electron chi connectivity index (χ0n) is 16.5. The Morgan fingerprint density at radius 1 is 1.12 bits per heavy atom. The second-order valence-corrected chi connectivity index (χ2v) is 7.23. The number of nitrogens with zero attached hydrogens (tertiary/aromatic N) is 1. The number of carbonyl (C=O) groups is 2. The summed E-state index contributed by atoms with van der Waals surface area (Å²) >= 11 is 0. The van der Waals surface area contributed by atoms with E-state index in [9.17, 15) is 9.59 Å². The van der Waals surface area contributed by atoms with Gasteiger partial charge in [0.25, 0.3) is 11.8 Å². The van der Waals surface area contributed by atoms with E-state index in [0.29, 0.717) is 11.3 Å². The third-order valence-electron chi connectivity index (χ3n) is 5.28. The summed E-state index contributed by atoms with van der Waals surface area (Å²) in [5.41, 5.74) is 0.605. The molecule has 26 heavy (non-hydrogen) atoms. The quantitative estimate of drug-likeness (QED) is 0.805. The predicted octanol–water partition coefficient (Wildman–Crippen LogP) is 3.77. The minimum atomic E-state index is -0.0720. The fourth-order valence-corrected chi connectivity index (χ4v) is 3.60. The Morgan fingerprint density at radius 2 is 1.69 bits per heavy atom. The maximum absolute atomic E-state index is 12.5. The van der Waals surface area contributed by atoms with Crippen molar-refractivity contribution in [3.8, 4) is 5.75 Å². The number of likely N-dealkylation sites (tertiary alicyclic amines) is 1. The van der Waals surface area contributed by atoms with Crippen LogP contribution in [0.25, 0.3) is 0 Å². The van der Waals surface area contributed by atoms with E-state index in [1.54, 1.807) is 24.3 Å². The van der Waals surface area contributed by atoms with Crippen LogP contribution in [0.5, 0.6) is 5.75 Å². The van der Waals surface area contributed by atoms with E-state index >= 15 is 0 Å². The third kappa shape index (κ3) is 5.23. The van der Waals surface area contributed by atoms with Crippen LogP contribution in [0.2, 0.25) is 0 Å². The van der Waals surface area contributed by atoms with Gasteiger partial charge in [-0.25, -0.2) is 0 Å². The molecular formula is C21H32N2O3. The van der Waals surface area contributed by atoms with Gasteiger partial charge in [0, 0.05) is 23.7 Å². The first kappa shape index (κ1) is 20.3. The van der Waals surface area contributed by atoms with E-state index < -0.39 is 0 Å². The van der Waals surface area contributed by atoms with E-state index in [4.69, 9.17) is 4.74 Å². The molecule has 0 aliphatic carbocycles. The van der Waals surface area contributed by atoms with Crippen molar-refractivity contribution in [3.63, 3.8) is 0 Å². The number of ether oxygens (including phenoxy) is 1. The number of piperidine rings is 1. The van der Waals surface area contributed by atoms with Gasteiger partial charge in [0.05, 0.1) is 0 Å². The molecule has 0 unspecified atom stereocenters. The summed E-state index contributed by atoms with van der Waals surface area (Å²) in [4.78, 5) is 26.7. The van der Waals surface area contributed by atoms with Crippen LogP contribution in [0.1, 0.15) is 70.2 Å². The maximum atomic E-state index is 12.5. The van der Waals surface area contributed by atoms with Gasteiger partial charge in [0.15, 0.2) is 6.61 Å². The monoisotopic (exact) mass is 360 g/mol. The smallest absolute Gasteiger partial charge is 0.260 e. The first-order valence-corrected chi connectivity index (χ1v) is 9.81. The van der Waals surface area contributed by atoms with Crippen molar-refractivity contribution in [2.45, 2.75) is 77.9 Å². The van der Waals surface area contributed by atoms with Gasteiger partial charge in [-0.3, -0.25) is 9.59 Å². The second-order valence-electron chi connectivity index (χ2n) is 7.23. The number of benzene rings is 1. The molecule has 1 aromatic carbocycles. The average molecular weight is 360 g/mol. The van der Waals surface area contributed by atoms with Crippen molar-refractivity contribution in [2.75, 3.05) is 6.61 Å². The predicted molar refractivity (Wildman–Crippen MR) is 103 cm³/mol. The molecule has 5 nitrogen and oxygen atoms in total. The minimum Gasteiger partial charge on any atom is -0.484 e. The lowest BCUT2D eigenvalue weighted by atomic mass is 9.97. The first-order valence-electron chi connectivity index (χ1n) is 9.81. The fraction of sp³-hybridized carbons (Fsp3) is 0.619. The number of rotatable bonds is 7. The lowest BCUT2D eigenvalue weighted by molar-refractivity contribution is -0.139. The van der Waals surface area contributed by atoms with Gasteiger partial charge in [-0.2, -0.15) is 0 Å². The van der Waals surface area contributed by atoms with E-state index in [-0.39, 0.29) is 36.5 Å². The molecule has 0 radical (unpaired) electrons. The van der Waals surface area contributed by atoms with E-state index in [1.165, 1.54) is 6.42 Å². The number of hydrogen-bond acceptors (Lipinski definition) is 3. The van der Waals surface area contributed by atoms with E-state index in [1.807, 2.05) is 4.90 Å². The van der Waals surface area contributed by atoms with Crippen molar-refractivity contribution < 1.29 is 14.3 Å². The normalized spacial score (nSPS) is 20.1. The van der Waals surface area contributed by atoms with Crippen LogP contribution >= 0.6 is 0 Å². The molecule has 2 amide bonds. The molecule has 1 N–H and O–H groups in total. The van der Waals surface area contributed by atoms with E-state index in [2.05, 4.69) is 33.0 Å². The summed E-state index contributed by atoms with van der Waals surface area (Å²) in [5.74, 6) is 0.562. The summed E-state index contributed by atoms with van der Waals surface area (Å²) in [6, 6.07) is 7.71. The zero-order valence-corrected chi connectivity index (χ0v) is 16.5. The summed E-state index contributed by atoms with van der Waals surface area (Å²) < 4.78 is 5.65. The number of hydrogen-bond donors (Lipinski definition) is 1. The molecule has 1 aliphatic heterocycles. The molecule has 5 heteroatoms. The van der Waals surface area contributed by atoms with Gasteiger partial charge >= 0.3 is 0 Å². The lowest BCUT2D eigenvalue weighted by Crippen LogP contribution is -2.49. The van der Waals surface area contributed by atoms with Gasteiger partial charge in [0.2, 0.25) is 0 Å². The van der Waals surface area contributed by atoms with Gasteiger partial charge < -0.3 is 15.0 Å². The van der Waals surface area contributed by atoms with Crippen molar-refractivity contribution >= 4 is 11.8 Å². The van der Waals surface area contributed by atoms with Crippen LogP contribution in [0.3, 0.4) is 0 Å². The third-order valence-corrected chi connectivity index (χ3v) is 5.28. The molecule has 1 aromatic rings. The molecule has 0 bridgehead atoms. The van der Waals surface area contributed by atoms with Gasteiger partial charge in [-0.05, 0) is 70.2 Å². The summed E-state index contributed by atoms with van der Waals surface area (Å²) in [6.45, 7) is 8.36. The Labute approximate surface area is 157 Å². The van der Waals surface area contributed by atoms with Gasteiger partial charge in [-0.1, -0.05) is 13.8 Å². The molecule has 0 spiro atoms. The SMILES string of the molecule is CCC(CC)NC(=O)c1ccc(OCC(=O)N2[C@H](C)CCC[C@@H]2C)cc1. The molecule has 1 fully saturated rings. The number of amides is 2. The van der Waals surface area contributed by atoms with Crippen molar-refractivity contribution in [3.05, 3.63) is 29.8 Å². The molecule has 0 saturated carbocycles. The molecule has 1 heterocycles. The summed E-state index contributed by atoms with van der Waals surface area (Å²) in [6.07, 6.45) is 5.11. The molecule has 144 valence electrons. The summed E-state index contributed by atoms with van der Waals surface area (Å²) in [5, 5.41) is 3.01. The fourth-order valence-electron chi connectivity index (χ4n) is 3.60. The molecule has 1 aliphatic rings. The van der Waals surface area contributed by atoms with Crippen LogP contribution in [0.15, 0.2) is 24.3 Å². The lowest BCUT2D eigenvalue weighted by Gasteiger charge is -2.38. The molecule has 2 atom stereocenters. The van der Waals surface area contributed by atoms with Crippen LogP contribution < -0.4 is 10.1 Å².